The number of thiazole rings is 1. The van der Waals surface area contributed by atoms with E-state index in [1.807, 2.05) is 36.6 Å². The van der Waals surface area contributed by atoms with Crippen LogP contribution >= 0.6 is 23.1 Å². The van der Waals surface area contributed by atoms with Crippen LogP contribution < -0.4 is 0 Å². The van der Waals surface area contributed by atoms with Crippen molar-refractivity contribution >= 4 is 28.9 Å². The van der Waals surface area contributed by atoms with Crippen molar-refractivity contribution in [2.45, 2.75) is 23.1 Å². The summed E-state index contributed by atoms with van der Waals surface area (Å²) in [6.45, 7) is 3.56. The summed E-state index contributed by atoms with van der Waals surface area (Å²) in [6, 6.07) is 7.62. The fraction of sp³-hybridized carbons (Fsp3) is 0.167. The molecule has 0 fully saturated rings. The fourth-order valence-electron chi connectivity index (χ4n) is 1.24. The zero-order chi connectivity index (χ0) is 11.5. The first-order chi connectivity index (χ1) is 7.65. The number of aryl methyl sites for hydroxylation is 1. The highest BCUT2D eigenvalue weighted by atomic mass is 32.2. The summed E-state index contributed by atoms with van der Waals surface area (Å²) < 4.78 is 1.04. The maximum absolute atomic E-state index is 11.1. The average molecular weight is 249 g/mol. The molecular weight excluding hydrogens is 238 g/mol. The smallest absolute Gasteiger partial charge is 0.159 e. The molecule has 0 bridgehead atoms. The van der Waals surface area contributed by atoms with Gasteiger partial charge in [0.05, 0.1) is 0 Å². The standard InChI is InChI=1S/C12H11NOS2/c1-8-7-15-12(13-8)16-11-5-3-10(4-6-11)9(2)14/h3-7H,1-2H3. The van der Waals surface area contributed by atoms with Crippen molar-refractivity contribution in [3.63, 3.8) is 0 Å². The molecule has 0 spiro atoms. The number of Topliss-reactive ketones (excluding diaryl/α,β-unsaturated/α-hetero) is 1. The molecule has 1 aromatic carbocycles. The van der Waals surface area contributed by atoms with Crippen molar-refractivity contribution in [2.24, 2.45) is 0 Å². The predicted octanol–water partition coefficient (Wildman–Crippen LogP) is 3.81. The van der Waals surface area contributed by atoms with E-state index >= 15 is 0 Å². The van der Waals surface area contributed by atoms with Gasteiger partial charge in [0.2, 0.25) is 0 Å². The van der Waals surface area contributed by atoms with E-state index in [2.05, 4.69) is 4.98 Å². The molecule has 4 heteroatoms. The molecule has 0 N–H and O–H groups in total. The van der Waals surface area contributed by atoms with Gasteiger partial charge in [-0.2, -0.15) is 0 Å². The number of hydrogen-bond acceptors (Lipinski definition) is 4. The Balaban J connectivity index is 2.14. The average Bonchev–Trinajstić information content (AvgIpc) is 2.65. The first-order valence-corrected chi connectivity index (χ1v) is 6.56. The molecule has 0 atom stereocenters. The molecule has 0 aliphatic heterocycles. The molecule has 0 aliphatic carbocycles. The predicted molar refractivity (Wildman–Crippen MR) is 67.4 cm³/mol. The summed E-state index contributed by atoms with van der Waals surface area (Å²) >= 11 is 3.26. The lowest BCUT2D eigenvalue weighted by Gasteiger charge is -1.99. The van der Waals surface area contributed by atoms with E-state index in [0.29, 0.717) is 0 Å². The molecule has 1 aromatic heterocycles. The molecule has 0 saturated heterocycles. The van der Waals surface area contributed by atoms with E-state index in [1.165, 1.54) is 0 Å². The van der Waals surface area contributed by atoms with Crippen molar-refractivity contribution in [1.82, 2.24) is 4.98 Å². The van der Waals surface area contributed by atoms with Crippen LogP contribution in [0.15, 0.2) is 38.9 Å². The molecule has 1 heterocycles. The molecule has 0 amide bonds. The van der Waals surface area contributed by atoms with Crippen LogP contribution in [0.2, 0.25) is 0 Å². The second kappa shape index (κ2) is 4.80. The van der Waals surface area contributed by atoms with E-state index in [0.717, 1.165) is 20.5 Å². The molecule has 0 aliphatic rings. The van der Waals surface area contributed by atoms with Crippen molar-refractivity contribution in [2.75, 3.05) is 0 Å². The highest BCUT2D eigenvalue weighted by Crippen LogP contribution is 2.30. The number of benzene rings is 1. The summed E-state index contributed by atoms with van der Waals surface area (Å²) in [5.74, 6) is 0.0987. The minimum Gasteiger partial charge on any atom is -0.295 e. The molecule has 16 heavy (non-hydrogen) atoms. The van der Waals surface area contributed by atoms with Gasteiger partial charge in [-0.1, -0.05) is 23.9 Å². The van der Waals surface area contributed by atoms with Gasteiger partial charge in [-0.3, -0.25) is 4.79 Å². The lowest BCUT2D eigenvalue weighted by Crippen LogP contribution is -1.90. The summed E-state index contributed by atoms with van der Waals surface area (Å²) in [7, 11) is 0. The van der Waals surface area contributed by atoms with Gasteiger partial charge in [0, 0.05) is 21.5 Å². The van der Waals surface area contributed by atoms with Gasteiger partial charge < -0.3 is 0 Å². The maximum Gasteiger partial charge on any atom is 0.159 e. The van der Waals surface area contributed by atoms with Crippen molar-refractivity contribution in [3.8, 4) is 0 Å². The van der Waals surface area contributed by atoms with E-state index < -0.39 is 0 Å². The van der Waals surface area contributed by atoms with Gasteiger partial charge in [0.15, 0.2) is 10.1 Å². The number of carbonyl (C=O) groups is 1. The molecule has 2 nitrogen and oxygen atoms in total. The lowest BCUT2D eigenvalue weighted by atomic mass is 10.2. The summed E-state index contributed by atoms with van der Waals surface area (Å²) in [6.07, 6.45) is 0. The Morgan fingerprint density at radius 3 is 2.50 bits per heavy atom. The SMILES string of the molecule is CC(=O)c1ccc(Sc2nc(C)cs2)cc1. The molecule has 82 valence electrons. The second-order valence-electron chi connectivity index (χ2n) is 3.44. The Kier molecular flexibility index (Phi) is 3.41. The van der Waals surface area contributed by atoms with Crippen LogP contribution in [0.4, 0.5) is 0 Å². The van der Waals surface area contributed by atoms with Gasteiger partial charge in [0.1, 0.15) is 0 Å². The Morgan fingerprint density at radius 2 is 2.00 bits per heavy atom. The number of aromatic nitrogens is 1. The Labute approximate surface area is 103 Å². The molecular formula is C12H11NOS2. The van der Waals surface area contributed by atoms with E-state index in [9.17, 15) is 4.79 Å². The minimum absolute atomic E-state index is 0.0987. The Bertz CT molecular complexity index is 502. The van der Waals surface area contributed by atoms with Gasteiger partial charge in [-0.05, 0) is 26.0 Å². The zero-order valence-electron chi connectivity index (χ0n) is 9.06. The van der Waals surface area contributed by atoms with Crippen LogP contribution in [0.25, 0.3) is 0 Å². The normalized spacial score (nSPS) is 10.4. The van der Waals surface area contributed by atoms with Crippen LogP contribution in [-0.4, -0.2) is 10.8 Å². The number of ketones is 1. The zero-order valence-corrected chi connectivity index (χ0v) is 10.7. The molecule has 0 radical (unpaired) electrons. The van der Waals surface area contributed by atoms with Crippen LogP contribution in [0.1, 0.15) is 23.0 Å². The van der Waals surface area contributed by atoms with Crippen LogP contribution in [-0.2, 0) is 0 Å². The van der Waals surface area contributed by atoms with E-state index in [1.54, 1.807) is 30.0 Å². The van der Waals surface area contributed by atoms with Crippen LogP contribution in [0, 0.1) is 6.92 Å². The van der Waals surface area contributed by atoms with E-state index in [4.69, 9.17) is 0 Å². The number of carbonyl (C=O) groups excluding carboxylic acids is 1. The third-order valence-electron chi connectivity index (χ3n) is 2.06. The summed E-state index contributed by atoms with van der Waals surface area (Å²) in [4.78, 5) is 16.6. The number of hydrogen-bond donors (Lipinski definition) is 0. The summed E-state index contributed by atoms with van der Waals surface area (Å²) in [5.41, 5.74) is 1.80. The van der Waals surface area contributed by atoms with Crippen molar-refractivity contribution in [3.05, 3.63) is 40.9 Å². The van der Waals surface area contributed by atoms with Gasteiger partial charge >= 0.3 is 0 Å². The minimum atomic E-state index is 0.0987. The largest absolute Gasteiger partial charge is 0.295 e. The second-order valence-corrected chi connectivity index (χ2v) is 5.62. The highest BCUT2D eigenvalue weighted by Gasteiger charge is 2.03. The van der Waals surface area contributed by atoms with Gasteiger partial charge in [0.25, 0.3) is 0 Å². The van der Waals surface area contributed by atoms with E-state index in [-0.39, 0.29) is 5.78 Å². The topological polar surface area (TPSA) is 30.0 Å². The third-order valence-corrected chi connectivity index (χ3v) is 4.13. The summed E-state index contributed by atoms with van der Waals surface area (Å²) in [5, 5.41) is 2.03. The lowest BCUT2D eigenvalue weighted by molar-refractivity contribution is 0.101. The number of rotatable bonds is 3. The maximum atomic E-state index is 11.1. The first kappa shape index (κ1) is 11.4. The van der Waals surface area contributed by atoms with Gasteiger partial charge in [-0.25, -0.2) is 4.98 Å². The fourth-order valence-corrected chi connectivity index (χ4v) is 3.05. The number of nitrogens with zero attached hydrogens (tertiary/aromatic N) is 1. The van der Waals surface area contributed by atoms with Crippen LogP contribution in [0.5, 0.6) is 0 Å². The monoisotopic (exact) mass is 249 g/mol. The third kappa shape index (κ3) is 2.71. The van der Waals surface area contributed by atoms with Crippen molar-refractivity contribution < 1.29 is 4.79 Å². The molecule has 0 unspecified atom stereocenters. The Hall–Kier alpha value is -1.13. The van der Waals surface area contributed by atoms with Crippen LogP contribution in [0.3, 0.4) is 0 Å². The van der Waals surface area contributed by atoms with Gasteiger partial charge in [-0.15, -0.1) is 11.3 Å². The first-order valence-electron chi connectivity index (χ1n) is 4.86. The molecule has 2 rings (SSSR count). The quantitative estimate of drug-likeness (QED) is 0.775. The van der Waals surface area contributed by atoms with Crippen molar-refractivity contribution in [1.29, 1.82) is 0 Å². The molecule has 0 saturated carbocycles. The molecule has 2 aromatic rings. The Morgan fingerprint density at radius 1 is 1.31 bits per heavy atom. The highest BCUT2D eigenvalue weighted by molar-refractivity contribution is 8.01.